The fourth-order valence-corrected chi connectivity index (χ4v) is 4.44. The van der Waals surface area contributed by atoms with Crippen LogP contribution in [0.1, 0.15) is 51.3 Å². The number of halogens is 1. The molecule has 1 amide bonds. The second kappa shape index (κ2) is 7.92. The molecule has 6 heteroatoms. The molecule has 32 heavy (non-hydrogen) atoms. The first-order valence-electron chi connectivity index (χ1n) is 10.5. The highest BCUT2D eigenvalue weighted by Gasteiger charge is 2.42. The highest BCUT2D eigenvalue weighted by Crippen LogP contribution is 2.39. The molecule has 5 nitrogen and oxygen atoms in total. The molecule has 5 rings (SSSR count). The molecule has 0 bridgehead atoms. The number of pyridine rings is 1. The molecule has 2 aromatic carbocycles. The van der Waals surface area contributed by atoms with E-state index in [2.05, 4.69) is 11.9 Å². The standard InChI is InChI=1S/C26H21ClN2O3/c1-3-16-6-8-18(9-7-16)23-22-24(30)19-12-20(27)15(2)11-21(19)32-25(22)26(31)29(23)14-17-5-4-10-28-13-17/h4-13,23H,3,14H2,1-2H3/t23-/m1/s1. The van der Waals surface area contributed by atoms with E-state index < -0.39 is 6.04 Å². The zero-order valence-corrected chi connectivity index (χ0v) is 18.5. The number of amides is 1. The summed E-state index contributed by atoms with van der Waals surface area (Å²) in [6.45, 7) is 4.24. The van der Waals surface area contributed by atoms with Crippen molar-refractivity contribution in [1.29, 1.82) is 0 Å². The molecule has 0 N–H and O–H groups in total. The van der Waals surface area contributed by atoms with E-state index >= 15 is 0 Å². The molecular formula is C26H21ClN2O3. The third-order valence-corrected chi connectivity index (χ3v) is 6.43. The summed E-state index contributed by atoms with van der Waals surface area (Å²) in [6.07, 6.45) is 4.32. The number of benzene rings is 2. The van der Waals surface area contributed by atoms with Crippen LogP contribution in [-0.2, 0) is 13.0 Å². The normalized spacial score (nSPS) is 15.4. The van der Waals surface area contributed by atoms with E-state index in [1.807, 2.05) is 43.3 Å². The Morgan fingerprint density at radius 2 is 1.88 bits per heavy atom. The molecular weight excluding hydrogens is 424 g/mol. The van der Waals surface area contributed by atoms with Gasteiger partial charge >= 0.3 is 0 Å². The summed E-state index contributed by atoms with van der Waals surface area (Å²) in [5.41, 5.74) is 4.21. The number of fused-ring (bicyclic) bond motifs is 2. The van der Waals surface area contributed by atoms with Crippen molar-refractivity contribution in [1.82, 2.24) is 9.88 Å². The Bertz CT molecular complexity index is 1400. The lowest BCUT2D eigenvalue weighted by Crippen LogP contribution is -2.29. The van der Waals surface area contributed by atoms with Gasteiger partial charge < -0.3 is 9.32 Å². The molecule has 0 radical (unpaired) electrons. The van der Waals surface area contributed by atoms with Crippen LogP contribution in [0.5, 0.6) is 0 Å². The minimum Gasteiger partial charge on any atom is -0.450 e. The van der Waals surface area contributed by atoms with E-state index in [1.165, 1.54) is 5.56 Å². The number of nitrogens with zero attached hydrogens (tertiary/aromatic N) is 2. The maximum absolute atomic E-state index is 13.6. The SMILES string of the molecule is CCc1ccc([C@@H]2c3c(oc4cc(C)c(Cl)cc4c3=O)C(=O)N2Cc2cccnc2)cc1. The van der Waals surface area contributed by atoms with Crippen LogP contribution in [0.3, 0.4) is 0 Å². The summed E-state index contributed by atoms with van der Waals surface area (Å²) in [4.78, 5) is 33.0. The topological polar surface area (TPSA) is 63.4 Å². The highest BCUT2D eigenvalue weighted by atomic mass is 35.5. The third kappa shape index (κ3) is 3.30. The molecule has 4 aromatic rings. The van der Waals surface area contributed by atoms with Gasteiger partial charge in [0.2, 0.25) is 5.76 Å². The Morgan fingerprint density at radius 3 is 2.56 bits per heavy atom. The van der Waals surface area contributed by atoms with Gasteiger partial charge in [-0.15, -0.1) is 0 Å². The van der Waals surface area contributed by atoms with Gasteiger partial charge in [0, 0.05) is 24.0 Å². The van der Waals surface area contributed by atoms with Crippen LogP contribution in [0.25, 0.3) is 11.0 Å². The molecule has 0 aliphatic carbocycles. The summed E-state index contributed by atoms with van der Waals surface area (Å²) in [5.74, 6) is -0.210. The number of aromatic nitrogens is 1. The lowest BCUT2D eigenvalue weighted by atomic mass is 9.97. The Kier molecular flexibility index (Phi) is 5.06. The van der Waals surface area contributed by atoms with Crippen molar-refractivity contribution in [2.45, 2.75) is 32.9 Å². The van der Waals surface area contributed by atoms with E-state index in [1.54, 1.807) is 29.4 Å². The van der Waals surface area contributed by atoms with Gasteiger partial charge in [0.05, 0.1) is 17.0 Å². The fraction of sp³-hybridized carbons (Fsp3) is 0.192. The molecule has 3 heterocycles. The van der Waals surface area contributed by atoms with Gasteiger partial charge in [-0.05, 0) is 53.8 Å². The van der Waals surface area contributed by atoms with Crippen molar-refractivity contribution < 1.29 is 9.21 Å². The van der Waals surface area contributed by atoms with E-state index in [9.17, 15) is 9.59 Å². The van der Waals surface area contributed by atoms with Crippen molar-refractivity contribution in [3.63, 3.8) is 0 Å². The summed E-state index contributed by atoms with van der Waals surface area (Å²) in [7, 11) is 0. The van der Waals surface area contributed by atoms with E-state index in [0.29, 0.717) is 28.1 Å². The van der Waals surface area contributed by atoms with Gasteiger partial charge in [-0.25, -0.2) is 0 Å². The average Bonchev–Trinajstić information content (AvgIpc) is 3.08. The minimum absolute atomic E-state index is 0.0951. The zero-order valence-electron chi connectivity index (χ0n) is 17.8. The first-order valence-corrected chi connectivity index (χ1v) is 10.9. The Morgan fingerprint density at radius 1 is 1.09 bits per heavy atom. The Labute approximate surface area is 190 Å². The van der Waals surface area contributed by atoms with Crippen LogP contribution in [0, 0.1) is 6.92 Å². The summed E-state index contributed by atoms with van der Waals surface area (Å²) in [5, 5.41) is 0.871. The fourth-order valence-electron chi connectivity index (χ4n) is 4.27. The predicted molar refractivity (Wildman–Crippen MR) is 124 cm³/mol. The van der Waals surface area contributed by atoms with Crippen LogP contribution in [0.2, 0.25) is 5.02 Å². The van der Waals surface area contributed by atoms with Gasteiger partial charge in [0.1, 0.15) is 5.58 Å². The number of rotatable bonds is 4. The quantitative estimate of drug-likeness (QED) is 0.419. The summed E-state index contributed by atoms with van der Waals surface area (Å²) < 4.78 is 6.03. The molecule has 0 spiro atoms. The molecule has 1 atom stereocenters. The first kappa shape index (κ1) is 20.5. The monoisotopic (exact) mass is 444 g/mol. The predicted octanol–water partition coefficient (Wildman–Crippen LogP) is 5.46. The van der Waals surface area contributed by atoms with Gasteiger partial charge in [0.15, 0.2) is 5.43 Å². The van der Waals surface area contributed by atoms with Crippen LogP contribution in [0.15, 0.2) is 70.1 Å². The molecule has 2 aromatic heterocycles. The average molecular weight is 445 g/mol. The zero-order chi connectivity index (χ0) is 22.4. The van der Waals surface area contributed by atoms with Crippen molar-refractivity contribution >= 4 is 28.5 Å². The molecule has 1 aliphatic rings. The van der Waals surface area contributed by atoms with E-state index in [0.717, 1.165) is 23.1 Å². The molecule has 0 saturated heterocycles. The highest BCUT2D eigenvalue weighted by molar-refractivity contribution is 6.32. The van der Waals surface area contributed by atoms with Crippen molar-refractivity contribution in [3.05, 3.63) is 110 Å². The van der Waals surface area contributed by atoms with Gasteiger partial charge in [-0.2, -0.15) is 0 Å². The van der Waals surface area contributed by atoms with Crippen molar-refractivity contribution in [3.8, 4) is 0 Å². The minimum atomic E-state index is -0.552. The number of hydrogen-bond donors (Lipinski definition) is 0. The Hall–Kier alpha value is -3.44. The number of aryl methyl sites for hydroxylation is 2. The lowest BCUT2D eigenvalue weighted by Gasteiger charge is -2.25. The second-order valence-electron chi connectivity index (χ2n) is 8.06. The van der Waals surface area contributed by atoms with Crippen molar-refractivity contribution in [2.24, 2.45) is 0 Å². The van der Waals surface area contributed by atoms with Gasteiger partial charge in [-0.3, -0.25) is 14.6 Å². The molecule has 0 fully saturated rings. The number of carbonyl (C=O) groups excluding carboxylic acids is 1. The number of carbonyl (C=O) groups is 1. The lowest BCUT2D eigenvalue weighted by molar-refractivity contribution is 0.0714. The van der Waals surface area contributed by atoms with E-state index in [-0.39, 0.29) is 17.1 Å². The van der Waals surface area contributed by atoms with Crippen LogP contribution in [0.4, 0.5) is 0 Å². The summed E-state index contributed by atoms with van der Waals surface area (Å²) >= 11 is 6.30. The smallest absolute Gasteiger partial charge is 0.291 e. The third-order valence-electron chi connectivity index (χ3n) is 6.03. The number of hydrogen-bond acceptors (Lipinski definition) is 4. The van der Waals surface area contributed by atoms with Gasteiger partial charge in [0.25, 0.3) is 5.91 Å². The first-order chi connectivity index (χ1) is 15.5. The maximum Gasteiger partial charge on any atom is 0.291 e. The molecule has 1 aliphatic heterocycles. The van der Waals surface area contributed by atoms with Crippen LogP contribution in [-0.4, -0.2) is 15.8 Å². The Balaban J connectivity index is 1.73. The second-order valence-corrected chi connectivity index (χ2v) is 8.47. The molecule has 160 valence electrons. The largest absolute Gasteiger partial charge is 0.450 e. The van der Waals surface area contributed by atoms with E-state index in [4.69, 9.17) is 16.0 Å². The molecule has 0 unspecified atom stereocenters. The van der Waals surface area contributed by atoms with Crippen molar-refractivity contribution in [2.75, 3.05) is 0 Å². The van der Waals surface area contributed by atoms with Gasteiger partial charge in [-0.1, -0.05) is 48.9 Å². The van der Waals surface area contributed by atoms with Crippen LogP contribution >= 0.6 is 11.6 Å². The van der Waals surface area contributed by atoms with Crippen LogP contribution < -0.4 is 5.43 Å². The molecule has 0 saturated carbocycles. The maximum atomic E-state index is 13.6. The summed E-state index contributed by atoms with van der Waals surface area (Å²) in [6, 6.07) is 14.6.